The number of hydrogen-bond donors (Lipinski definition) is 4. The van der Waals surface area contributed by atoms with Gasteiger partial charge in [0.15, 0.2) is 0 Å². The molecule has 7 heteroatoms. The van der Waals surface area contributed by atoms with Gasteiger partial charge in [0.05, 0.1) is 18.3 Å². The summed E-state index contributed by atoms with van der Waals surface area (Å²) in [6.07, 6.45) is 22.5. The van der Waals surface area contributed by atoms with E-state index >= 15 is 0 Å². The van der Waals surface area contributed by atoms with Gasteiger partial charge in [-0.05, 0) is 151 Å². The van der Waals surface area contributed by atoms with Crippen LogP contribution >= 0.6 is 0 Å². The van der Waals surface area contributed by atoms with Crippen LogP contribution in [0, 0.1) is 46.3 Å². The quantitative estimate of drug-likeness (QED) is 0.0791. The van der Waals surface area contributed by atoms with Gasteiger partial charge in [-0.1, -0.05) is 59.8 Å². The van der Waals surface area contributed by atoms with Gasteiger partial charge in [0.2, 0.25) is 0 Å². The molecule has 48 heavy (non-hydrogen) atoms. The molecule has 4 rings (SSSR count). The first kappa shape index (κ1) is 40.5. The van der Waals surface area contributed by atoms with Crippen LogP contribution in [0.1, 0.15) is 143 Å². The number of rotatable bonds is 24. The van der Waals surface area contributed by atoms with E-state index in [9.17, 15) is 0 Å². The predicted molar refractivity (Wildman–Crippen MR) is 200 cm³/mol. The Hall–Kier alpha value is -0.280. The van der Waals surface area contributed by atoms with Crippen molar-refractivity contribution >= 4 is 0 Å². The highest BCUT2D eigenvalue weighted by atomic mass is 16.5. The molecule has 7 N–H and O–H groups in total. The van der Waals surface area contributed by atoms with Crippen LogP contribution in [0.2, 0.25) is 0 Å². The van der Waals surface area contributed by atoms with Crippen LogP contribution in [0.15, 0.2) is 0 Å². The number of unbranched alkanes of at least 4 members (excludes halogenated alkanes) is 5. The molecule has 0 unspecified atom stereocenters. The summed E-state index contributed by atoms with van der Waals surface area (Å²) in [4.78, 5) is 0. The summed E-state index contributed by atoms with van der Waals surface area (Å²) < 4.78 is 20.3. The lowest BCUT2D eigenvalue weighted by Crippen LogP contribution is -2.62. The second-order valence-corrected chi connectivity index (χ2v) is 16.6. The first-order chi connectivity index (χ1) is 23.3. The Bertz CT molecular complexity index is 879. The van der Waals surface area contributed by atoms with Gasteiger partial charge in [0.1, 0.15) is 0 Å². The molecule has 0 bridgehead atoms. The largest absolute Gasteiger partial charge is 0.378 e. The van der Waals surface area contributed by atoms with Crippen molar-refractivity contribution in [2.75, 3.05) is 52.5 Å². The van der Waals surface area contributed by atoms with Crippen molar-refractivity contribution in [3.8, 4) is 0 Å². The van der Waals surface area contributed by atoms with E-state index in [1.807, 2.05) is 0 Å². The monoisotopic (exact) mass is 675 g/mol. The number of fused-ring (bicyclic) bond motifs is 5. The second kappa shape index (κ2) is 20.7. The lowest BCUT2D eigenvalue weighted by Gasteiger charge is -2.64. The van der Waals surface area contributed by atoms with Gasteiger partial charge >= 0.3 is 0 Å². The van der Waals surface area contributed by atoms with Crippen LogP contribution in [0.25, 0.3) is 0 Å². The van der Waals surface area contributed by atoms with E-state index in [4.69, 9.17) is 31.4 Å². The van der Waals surface area contributed by atoms with Gasteiger partial charge in [0, 0.05) is 31.2 Å². The smallest absolute Gasteiger partial charge is 0.0649 e. The van der Waals surface area contributed by atoms with Crippen LogP contribution in [-0.4, -0.2) is 70.9 Å². The summed E-state index contributed by atoms with van der Waals surface area (Å²) >= 11 is 0. The zero-order valence-corrected chi connectivity index (χ0v) is 31.9. The zero-order valence-electron chi connectivity index (χ0n) is 31.9. The standard InChI is InChI=1S/C41H78N4O3/c1-5-6-7-8-9-10-23-45-24-11-15-31(2)34-16-17-35-39-36(30-38(41(34,35)4)48-27-14-22-44)40(3)19-18-33(46-25-12-20-42)28-32(40)29-37(39)47-26-13-21-43/h31,33-38,45H,5-30,42-44H2,1-4H3/t31-,33-,34-,35+,36+,37-,38+,40+,41-/m1/s1. The minimum absolute atomic E-state index is 0.137. The van der Waals surface area contributed by atoms with E-state index in [0.29, 0.717) is 49.4 Å². The third-order valence-corrected chi connectivity index (χ3v) is 13.5. The molecule has 0 aromatic carbocycles. The van der Waals surface area contributed by atoms with Crippen molar-refractivity contribution < 1.29 is 14.2 Å². The Balaban J connectivity index is 1.46. The van der Waals surface area contributed by atoms with E-state index in [2.05, 4.69) is 33.0 Å². The van der Waals surface area contributed by atoms with E-state index in [1.165, 1.54) is 77.2 Å². The molecule has 4 saturated carbocycles. The summed E-state index contributed by atoms with van der Waals surface area (Å²) in [7, 11) is 0. The molecule has 0 aromatic heterocycles. The maximum absolute atomic E-state index is 7.01. The van der Waals surface area contributed by atoms with Crippen molar-refractivity contribution in [2.45, 2.75) is 162 Å². The Morgan fingerprint density at radius 1 is 0.750 bits per heavy atom. The lowest BCUT2D eigenvalue weighted by atomic mass is 9.43. The van der Waals surface area contributed by atoms with Gasteiger partial charge < -0.3 is 36.7 Å². The van der Waals surface area contributed by atoms with Crippen LogP contribution in [-0.2, 0) is 14.2 Å². The highest BCUT2D eigenvalue weighted by molar-refractivity contribution is 5.32. The highest BCUT2D eigenvalue weighted by Gasteiger charge is 2.67. The Labute approximate surface area is 296 Å². The van der Waals surface area contributed by atoms with Crippen molar-refractivity contribution in [1.29, 1.82) is 0 Å². The van der Waals surface area contributed by atoms with Crippen molar-refractivity contribution in [2.24, 2.45) is 51.7 Å². The van der Waals surface area contributed by atoms with Crippen molar-refractivity contribution in [3.05, 3.63) is 11.8 Å². The van der Waals surface area contributed by atoms with E-state index in [0.717, 1.165) is 71.3 Å². The molecule has 0 aliphatic heterocycles. The maximum atomic E-state index is 7.01. The Morgan fingerprint density at radius 3 is 2.15 bits per heavy atom. The highest BCUT2D eigenvalue weighted by Crippen LogP contribution is 2.70. The minimum Gasteiger partial charge on any atom is -0.378 e. The summed E-state index contributed by atoms with van der Waals surface area (Å²) in [5.41, 5.74) is 18.1. The average Bonchev–Trinajstić information content (AvgIpc) is 3.44. The van der Waals surface area contributed by atoms with E-state index in [-0.39, 0.29) is 23.0 Å². The lowest BCUT2D eigenvalue weighted by molar-refractivity contribution is -0.152. The topological polar surface area (TPSA) is 118 Å². The third-order valence-electron chi connectivity index (χ3n) is 13.5. The number of nitrogens with two attached hydrogens (primary N) is 3. The fourth-order valence-corrected chi connectivity index (χ4v) is 10.8. The van der Waals surface area contributed by atoms with E-state index < -0.39 is 0 Å². The molecule has 4 fully saturated rings. The summed E-state index contributed by atoms with van der Waals surface area (Å²) in [6.45, 7) is 16.7. The second-order valence-electron chi connectivity index (χ2n) is 16.6. The van der Waals surface area contributed by atoms with Gasteiger partial charge in [0.25, 0.3) is 0 Å². The summed E-state index contributed by atoms with van der Waals surface area (Å²) in [6, 6.07) is 0. The Morgan fingerprint density at radius 2 is 1.42 bits per heavy atom. The average molecular weight is 675 g/mol. The van der Waals surface area contributed by atoms with Gasteiger partial charge in [-0.15, -0.1) is 0 Å². The van der Waals surface area contributed by atoms with Crippen LogP contribution in [0.3, 0.4) is 0 Å². The van der Waals surface area contributed by atoms with Crippen molar-refractivity contribution in [1.82, 2.24) is 5.32 Å². The molecule has 4 aliphatic carbocycles. The maximum Gasteiger partial charge on any atom is 0.0649 e. The molecule has 0 heterocycles. The van der Waals surface area contributed by atoms with Gasteiger partial charge in [-0.3, -0.25) is 0 Å². The van der Waals surface area contributed by atoms with Gasteiger partial charge in [-0.2, -0.15) is 0 Å². The van der Waals surface area contributed by atoms with Crippen LogP contribution < -0.4 is 22.5 Å². The molecular weight excluding hydrogens is 596 g/mol. The fourth-order valence-electron chi connectivity index (χ4n) is 10.8. The SMILES string of the molecule is CCCCCCCCNCCC[C@@H](C)[C@H]1CC[C@H]2[C]3[C@H](OCCCN)C[C]4C[C@H](OCCCN)CC[C@]4(C)[C@H]3C[C@H](OCCCN)[C@]12C. The molecule has 7 nitrogen and oxygen atoms in total. The molecule has 2 radical (unpaired) electrons. The molecule has 0 spiro atoms. The Kier molecular flexibility index (Phi) is 17.4. The van der Waals surface area contributed by atoms with Crippen LogP contribution in [0.4, 0.5) is 0 Å². The molecule has 0 saturated heterocycles. The molecule has 4 aliphatic rings. The number of nitrogens with one attached hydrogen (secondary N) is 1. The van der Waals surface area contributed by atoms with Crippen LogP contribution in [0.5, 0.6) is 0 Å². The first-order valence-corrected chi connectivity index (χ1v) is 20.7. The van der Waals surface area contributed by atoms with E-state index in [1.54, 1.807) is 11.8 Å². The van der Waals surface area contributed by atoms with Crippen molar-refractivity contribution in [3.63, 3.8) is 0 Å². The minimum atomic E-state index is 0.137. The normalized spacial score (nSPS) is 34.6. The van der Waals surface area contributed by atoms with Gasteiger partial charge in [-0.25, -0.2) is 0 Å². The fraction of sp³-hybridized carbons (Fsp3) is 0.951. The number of ether oxygens (including phenoxy) is 3. The zero-order chi connectivity index (χ0) is 34.4. The molecule has 0 amide bonds. The molecule has 280 valence electrons. The first-order valence-electron chi connectivity index (χ1n) is 20.7. The third kappa shape index (κ3) is 9.98. The molecular formula is C41H78N4O3. The molecule has 9 atom stereocenters. The predicted octanol–water partition coefficient (Wildman–Crippen LogP) is 7.35. The molecule has 0 aromatic rings. The summed E-state index contributed by atoms with van der Waals surface area (Å²) in [5.74, 6) is 5.85. The summed E-state index contributed by atoms with van der Waals surface area (Å²) in [5, 5.41) is 3.76. The number of hydrogen-bond acceptors (Lipinski definition) is 7.